The molecule has 0 aliphatic rings. The number of aromatic nitrogens is 3. The van der Waals surface area contributed by atoms with Crippen LogP contribution in [0.15, 0.2) is 30.7 Å². The highest BCUT2D eigenvalue weighted by molar-refractivity contribution is 5.19. The number of hydrogen-bond acceptors (Lipinski definition) is 3. The van der Waals surface area contributed by atoms with Crippen molar-refractivity contribution in [1.82, 2.24) is 19.9 Å². The van der Waals surface area contributed by atoms with E-state index in [-0.39, 0.29) is 11.9 Å². The van der Waals surface area contributed by atoms with Gasteiger partial charge in [-0.2, -0.15) is 0 Å². The van der Waals surface area contributed by atoms with Gasteiger partial charge < -0.3 is 9.88 Å². The summed E-state index contributed by atoms with van der Waals surface area (Å²) in [7, 11) is 1.88. The highest BCUT2D eigenvalue weighted by Crippen LogP contribution is 2.20. The number of rotatable bonds is 4. The maximum absolute atomic E-state index is 13.7. The van der Waals surface area contributed by atoms with Crippen molar-refractivity contribution in [3.05, 3.63) is 48.1 Å². The van der Waals surface area contributed by atoms with Gasteiger partial charge >= 0.3 is 0 Å². The minimum absolute atomic E-state index is 0.318. The zero-order chi connectivity index (χ0) is 12.3. The average Bonchev–Trinajstić information content (AvgIpc) is 2.74. The van der Waals surface area contributed by atoms with Crippen LogP contribution in [0.1, 0.15) is 24.5 Å². The third kappa shape index (κ3) is 2.34. The van der Waals surface area contributed by atoms with Crippen molar-refractivity contribution in [1.29, 1.82) is 0 Å². The molecule has 2 heterocycles. The largest absolute Gasteiger partial charge is 0.336 e. The molecule has 0 aliphatic heterocycles. The molecular formula is C12H15FN4. The monoisotopic (exact) mass is 234 g/mol. The van der Waals surface area contributed by atoms with Crippen LogP contribution < -0.4 is 5.32 Å². The number of halogens is 1. The van der Waals surface area contributed by atoms with Crippen molar-refractivity contribution >= 4 is 0 Å². The van der Waals surface area contributed by atoms with Gasteiger partial charge in [0.25, 0.3) is 0 Å². The summed E-state index contributed by atoms with van der Waals surface area (Å²) in [6.07, 6.45) is 5.12. The Kier molecular flexibility index (Phi) is 3.49. The van der Waals surface area contributed by atoms with Crippen LogP contribution in [0.5, 0.6) is 0 Å². The second-order valence-electron chi connectivity index (χ2n) is 3.76. The van der Waals surface area contributed by atoms with E-state index in [9.17, 15) is 4.39 Å². The normalized spacial score (nSPS) is 12.6. The van der Waals surface area contributed by atoms with Crippen LogP contribution in [-0.4, -0.2) is 21.1 Å². The molecule has 0 radical (unpaired) electrons. The van der Waals surface area contributed by atoms with Gasteiger partial charge in [-0.1, -0.05) is 6.92 Å². The Balaban J connectivity index is 2.43. The van der Waals surface area contributed by atoms with E-state index < -0.39 is 0 Å². The molecule has 0 aromatic carbocycles. The fourth-order valence-electron chi connectivity index (χ4n) is 1.78. The first-order valence-electron chi connectivity index (χ1n) is 5.55. The zero-order valence-electron chi connectivity index (χ0n) is 9.89. The standard InChI is InChI=1S/C12H15FN4/c1-3-14-11(12-16-7-8-17(12)2)10-9(13)5-4-6-15-10/h4-8,11,14H,3H2,1-2H3. The Morgan fingerprint density at radius 2 is 2.24 bits per heavy atom. The molecule has 0 aliphatic carbocycles. The van der Waals surface area contributed by atoms with Gasteiger partial charge in [0.15, 0.2) is 0 Å². The molecule has 0 saturated carbocycles. The molecule has 2 aromatic heterocycles. The quantitative estimate of drug-likeness (QED) is 0.874. The van der Waals surface area contributed by atoms with Crippen LogP contribution in [-0.2, 0) is 7.05 Å². The SMILES string of the molecule is CCNC(c1ncccc1F)c1nccn1C. The Labute approximate surface area is 99.5 Å². The molecule has 0 bridgehead atoms. The van der Waals surface area contributed by atoms with Gasteiger partial charge in [0.05, 0.1) is 0 Å². The third-order valence-electron chi connectivity index (χ3n) is 2.59. The molecule has 4 nitrogen and oxygen atoms in total. The minimum atomic E-state index is -0.318. The van der Waals surface area contributed by atoms with Crippen molar-refractivity contribution in [3.63, 3.8) is 0 Å². The van der Waals surface area contributed by atoms with Gasteiger partial charge in [-0.05, 0) is 18.7 Å². The summed E-state index contributed by atoms with van der Waals surface area (Å²) in [6, 6.07) is 2.68. The van der Waals surface area contributed by atoms with Crippen LogP contribution in [0, 0.1) is 5.82 Å². The number of nitrogens with one attached hydrogen (secondary N) is 1. The van der Waals surface area contributed by atoms with E-state index in [4.69, 9.17) is 0 Å². The van der Waals surface area contributed by atoms with Crippen LogP contribution in [0.4, 0.5) is 4.39 Å². The molecule has 1 unspecified atom stereocenters. The number of pyridine rings is 1. The molecule has 0 amide bonds. The predicted molar refractivity (Wildman–Crippen MR) is 62.9 cm³/mol. The van der Waals surface area contributed by atoms with Crippen molar-refractivity contribution in [2.24, 2.45) is 7.05 Å². The maximum Gasteiger partial charge on any atom is 0.146 e. The van der Waals surface area contributed by atoms with E-state index in [1.165, 1.54) is 6.07 Å². The second kappa shape index (κ2) is 5.05. The van der Waals surface area contributed by atoms with Gasteiger partial charge in [0.2, 0.25) is 0 Å². The number of hydrogen-bond donors (Lipinski definition) is 1. The Hall–Kier alpha value is -1.75. The lowest BCUT2D eigenvalue weighted by Crippen LogP contribution is -2.26. The second-order valence-corrected chi connectivity index (χ2v) is 3.76. The lowest BCUT2D eigenvalue weighted by molar-refractivity contribution is 0.517. The van der Waals surface area contributed by atoms with E-state index in [1.807, 2.05) is 24.7 Å². The van der Waals surface area contributed by atoms with Crippen molar-refractivity contribution < 1.29 is 4.39 Å². The van der Waals surface area contributed by atoms with Gasteiger partial charge in [0, 0.05) is 25.6 Å². The molecule has 0 spiro atoms. The number of aryl methyl sites for hydroxylation is 1. The lowest BCUT2D eigenvalue weighted by Gasteiger charge is -2.17. The summed E-state index contributed by atoms with van der Waals surface area (Å²) in [5.74, 6) is 0.436. The van der Waals surface area contributed by atoms with E-state index in [0.29, 0.717) is 12.2 Å². The molecule has 17 heavy (non-hydrogen) atoms. The molecule has 1 N–H and O–H groups in total. The summed E-state index contributed by atoms with van der Waals surface area (Å²) in [5, 5.41) is 3.20. The first kappa shape index (κ1) is 11.7. The van der Waals surface area contributed by atoms with E-state index in [0.717, 1.165) is 5.82 Å². The molecule has 1 atom stereocenters. The fraction of sp³-hybridized carbons (Fsp3) is 0.333. The summed E-state index contributed by atoms with van der Waals surface area (Å²) in [5.41, 5.74) is 0.378. The summed E-state index contributed by atoms with van der Waals surface area (Å²) < 4.78 is 15.6. The van der Waals surface area contributed by atoms with E-state index in [1.54, 1.807) is 18.5 Å². The third-order valence-corrected chi connectivity index (χ3v) is 2.59. The topological polar surface area (TPSA) is 42.7 Å². The van der Waals surface area contributed by atoms with Crippen LogP contribution in [0.25, 0.3) is 0 Å². The van der Waals surface area contributed by atoms with E-state index >= 15 is 0 Å². The smallest absolute Gasteiger partial charge is 0.146 e. The average molecular weight is 234 g/mol. The van der Waals surface area contributed by atoms with Gasteiger partial charge in [-0.15, -0.1) is 0 Å². The van der Waals surface area contributed by atoms with E-state index in [2.05, 4.69) is 15.3 Å². The van der Waals surface area contributed by atoms with Crippen molar-refractivity contribution in [2.75, 3.05) is 6.54 Å². The van der Waals surface area contributed by atoms with Crippen LogP contribution in [0.2, 0.25) is 0 Å². The molecule has 2 rings (SSSR count). The lowest BCUT2D eigenvalue weighted by atomic mass is 10.1. The maximum atomic E-state index is 13.7. The van der Waals surface area contributed by atoms with Gasteiger partial charge in [-0.25, -0.2) is 9.37 Å². The first-order valence-corrected chi connectivity index (χ1v) is 5.55. The van der Waals surface area contributed by atoms with Crippen LogP contribution in [0.3, 0.4) is 0 Å². The van der Waals surface area contributed by atoms with Crippen LogP contribution >= 0.6 is 0 Å². The number of imidazole rings is 1. The fourth-order valence-corrected chi connectivity index (χ4v) is 1.78. The summed E-state index contributed by atoms with van der Waals surface area (Å²) >= 11 is 0. The van der Waals surface area contributed by atoms with Crippen molar-refractivity contribution in [3.8, 4) is 0 Å². The predicted octanol–water partition coefficient (Wildman–Crippen LogP) is 1.65. The summed E-state index contributed by atoms with van der Waals surface area (Å²) in [4.78, 5) is 8.35. The Morgan fingerprint density at radius 1 is 1.41 bits per heavy atom. The summed E-state index contributed by atoms with van der Waals surface area (Å²) in [6.45, 7) is 2.68. The Morgan fingerprint density at radius 3 is 2.82 bits per heavy atom. The minimum Gasteiger partial charge on any atom is -0.336 e. The van der Waals surface area contributed by atoms with Crippen molar-refractivity contribution in [2.45, 2.75) is 13.0 Å². The molecule has 0 fully saturated rings. The molecular weight excluding hydrogens is 219 g/mol. The first-order chi connectivity index (χ1) is 8.24. The molecule has 0 saturated heterocycles. The highest BCUT2D eigenvalue weighted by atomic mass is 19.1. The van der Waals surface area contributed by atoms with Gasteiger partial charge in [-0.3, -0.25) is 4.98 Å². The Bertz CT molecular complexity index is 495. The molecule has 5 heteroatoms. The zero-order valence-corrected chi connectivity index (χ0v) is 9.89. The molecule has 2 aromatic rings. The van der Waals surface area contributed by atoms with Gasteiger partial charge in [0.1, 0.15) is 23.4 Å². The highest BCUT2D eigenvalue weighted by Gasteiger charge is 2.21. The molecule has 90 valence electrons. The number of nitrogens with zero attached hydrogens (tertiary/aromatic N) is 3.